The van der Waals surface area contributed by atoms with Gasteiger partial charge in [0.2, 0.25) is 5.91 Å². The van der Waals surface area contributed by atoms with Crippen LogP contribution < -0.4 is 10.1 Å². The van der Waals surface area contributed by atoms with Gasteiger partial charge in [-0.15, -0.1) is 0 Å². The molecule has 5 heteroatoms. The molecule has 0 saturated heterocycles. The molecule has 0 aliphatic rings. The molecule has 116 valence electrons. The van der Waals surface area contributed by atoms with Gasteiger partial charge in [-0.2, -0.15) is 0 Å². The highest BCUT2D eigenvalue weighted by molar-refractivity contribution is 5.90. The Bertz CT molecular complexity index is 738. The molecule has 0 radical (unpaired) electrons. The van der Waals surface area contributed by atoms with Crippen molar-refractivity contribution in [1.29, 1.82) is 0 Å². The van der Waals surface area contributed by atoms with Gasteiger partial charge in [-0.05, 0) is 29.8 Å². The summed E-state index contributed by atoms with van der Waals surface area (Å²) in [6.07, 6.45) is 5.01. The summed E-state index contributed by atoms with van der Waals surface area (Å²) in [4.78, 5) is 15.8. The molecule has 0 saturated carbocycles. The number of hydrogen-bond acceptors (Lipinski definition) is 3. The SMILES string of the molecule is O=C(Cn1ccnc1)Nc1ccc(OCc2ccccc2)cc1. The monoisotopic (exact) mass is 307 g/mol. The van der Waals surface area contributed by atoms with E-state index in [0.717, 1.165) is 17.0 Å². The lowest BCUT2D eigenvalue weighted by Crippen LogP contribution is -2.17. The number of rotatable bonds is 6. The van der Waals surface area contributed by atoms with E-state index in [0.29, 0.717) is 6.61 Å². The van der Waals surface area contributed by atoms with Gasteiger partial charge in [-0.1, -0.05) is 30.3 Å². The third kappa shape index (κ3) is 4.44. The van der Waals surface area contributed by atoms with Crippen molar-refractivity contribution < 1.29 is 9.53 Å². The van der Waals surface area contributed by atoms with Crippen LogP contribution in [0.1, 0.15) is 5.56 Å². The minimum atomic E-state index is -0.0963. The second kappa shape index (κ2) is 7.26. The van der Waals surface area contributed by atoms with Crippen LogP contribution in [0, 0.1) is 0 Å². The van der Waals surface area contributed by atoms with Crippen LogP contribution in [0.5, 0.6) is 5.75 Å². The fraction of sp³-hybridized carbons (Fsp3) is 0.111. The van der Waals surface area contributed by atoms with E-state index in [1.54, 1.807) is 23.3 Å². The molecule has 0 spiro atoms. The molecule has 1 amide bonds. The van der Waals surface area contributed by atoms with Crippen molar-refractivity contribution >= 4 is 11.6 Å². The van der Waals surface area contributed by atoms with Gasteiger partial charge in [0.05, 0.1) is 6.33 Å². The predicted octanol–water partition coefficient (Wildman–Crippen LogP) is 3.10. The van der Waals surface area contributed by atoms with Crippen molar-refractivity contribution in [1.82, 2.24) is 9.55 Å². The fourth-order valence-electron chi connectivity index (χ4n) is 2.12. The van der Waals surface area contributed by atoms with Crippen molar-refractivity contribution in [2.75, 3.05) is 5.32 Å². The van der Waals surface area contributed by atoms with Crippen LogP contribution in [0.15, 0.2) is 73.3 Å². The molecule has 1 heterocycles. The maximum absolute atomic E-state index is 11.9. The number of anilines is 1. The van der Waals surface area contributed by atoms with Crippen LogP contribution in [-0.2, 0) is 17.9 Å². The lowest BCUT2D eigenvalue weighted by Gasteiger charge is -2.09. The molecule has 0 fully saturated rings. The number of amides is 1. The molecular formula is C18H17N3O2. The first-order chi connectivity index (χ1) is 11.3. The Morgan fingerprint density at radius 1 is 1.09 bits per heavy atom. The molecule has 23 heavy (non-hydrogen) atoms. The van der Waals surface area contributed by atoms with Gasteiger partial charge in [-0.25, -0.2) is 4.98 Å². The quantitative estimate of drug-likeness (QED) is 0.761. The van der Waals surface area contributed by atoms with E-state index in [-0.39, 0.29) is 12.5 Å². The Morgan fingerprint density at radius 3 is 2.57 bits per heavy atom. The highest BCUT2D eigenvalue weighted by Crippen LogP contribution is 2.17. The van der Waals surface area contributed by atoms with Crippen molar-refractivity contribution in [2.45, 2.75) is 13.2 Å². The van der Waals surface area contributed by atoms with Crippen LogP contribution in [0.4, 0.5) is 5.69 Å². The zero-order valence-corrected chi connectivity index (χ0v) is 12.6. The van der Waals surface area contributed by atoms with Crippen molar-refractivity contribution in [3.8, 4) is 5.75 Å². The second-order valence-electron chi connectivity index (χ2n) is 5.08. The summed E-state index contributed by atoms with van der Waals surface area (Å²) in [7, 11) is 0. The Balaban J connectivity index is 1.51. The second-order valence-corrected chi connectivity index (χ2v) is 5.08. The average molecular weight is 307 g/mol. The van der Waals surface area contributed by atoms with E-state index in [1.165, 1.54) is 0 Å². The first-order valence-electron chi connectivity index (χ1n) is 7.32. The summed E-state index contributed by atoms with van der Waals surface area (Å²) < 4.78 is 7.43. The summed E-state index contributed by atoms with van der Waals surface area (Å²) in [6.45, 7) is 0.763. The molecule has 3 rings (SSSR count). The summed E-state index contributed by atoms with van der Waals surface area (Å²) in [5.41, 5.74) is 1.85. The zero-order valence-electron chi connectivity index (χ0n) is 12.6. The maximum atomic E-state index is 11.9. The number of ether oxygens (including phenoxy) is 1. The van der Waals surface area contributed by atoms with E-state index in [4.69, 9.17) is 4.74 Å². The molecule has 2 aromatic carbocycles. The fourth-order valence-corrected chi connectivity index (χ4v) is 2.12. The van der Waals surface area contributed by atoms with E-state index >= 15 is 0 Å². The Kier molecular flexibility index (Phi) is 4.69. The molecule has 0 aliphatic carbocycles. The smallest absolute Gasteiger partial charge is 0.244 e. The molecule has 3 aromatic rings. The average Bonchev–Trinajstić information content (AvgIpc) is 3.08. The van der Waals surface area contributed by atoms with Crippen LogP contribution in [0.25, 0.3) is 0 Å². The van der Waals surface area contributed by atoms with E-state index < -0.39 is 0 Å². The van der Waals surface area contributed by atoms with Gasteiger partial charge in [0.1, 0.15) is 18.9 Å². The van der Waals surface area contributed by atoms with Gasteiger partial charge < -0.3 is 14.6 Å². The Labute approximate surface area is 134 Å². The molecule has 0 bridgehead atoms. The molecule has 5 nitrogen and oxygen atoms in total. The molecule has 0 unspecified atom stereocenters. The standard InChI is InChI=1S/C18H17N3O2/c22-18(12-21-11-10-19-14-21)20-16-6-8-17(9-7-16)23-13-15-4-2-1-3-5-15/h1-11,14H,12-13H2,(H,20,22). The molecular weight excluding hydrogens is 290 g/mol. The molecule has 1 aromatic heterocycles. The van der Waals surface area contributed by atoms with Gasteiger partial charge in [0.15, 0.2) is 0 Å². The van der Waals surface area contributed by atoms with Crippen LogP contribution in [-0.4, -0.2) is 15.5 Å². The third-order valence-corrected chi connectivity index (χ3v) is 3.27. The lowest BCUT2D eigenvalue weighted by molar-refractivity contribution is -0.116. The number of nitrogens with one attached hydrogen (secondary N) is 1. The topological polar surface area (TPSA) is 56.2 Å². The summed E-state index contributed by atoms with van der Waals surface area (Å²) in [5, 5.41) is 2.84. The predicted molar refractivity (Wildman–Crippen MR) is 88.1 cm³/mol. The van der Waals surface area contributed by atoms with Gasteiger partial charge in [0, 0.05) is 18.1 Å². The Hall–Kier alpha value is -3.08. The number of nitrogens with zero attached hydrogens (tertiary/aromatic N) is 2. The van der Waals surface area contributed by atoms with E-state index in [1.807, 2.05) is 54.6 Å². The third-order valence-electron chi connectivity index (χ3n) is 3.27. The highest BCUT2D eigenvalue weighted by atomic mass is 16.5. The number of aromatic nitrogens is 2. The van der Waals surface area contributed by atoms with Crippen molar-refractivity contribution in [3.63, 3.8) is 0 Å². The van der Waals surface area contributed by atoms with Gasteiger partial charge in [-0.3, -0.25) is 4.79 Å². The summed E-state index contributed by atoms with van der Waals surface area (Å²) in [5.74, 6) is 0.669. The van der Waals surface area contributed by atoms with Crippen LogP contribution in [0.3, 0.4) is 0 Å². The number of carbonyl (C=O) groups is 1. The van der Waals surface area contributed by atoms with Crippen LogP contribution >= 0.6 is 0 Å². The van der Waals surface area contributed by atoms with Crippen molar-refractivity contribution in [2.24, 2.45) is 0 Å². The van der Waals surface area contributed by atoms with Gasteiger partial charge >= 0.3 is 0 Å². The summed E-state index contributed by atoms with van der Waals surface area (Å²) >= 11 is 0. The molecule has 0 atom stereocenters. The van der Waals surface area contributed by atoms with E-state index in [2.05, 4.69) is 10.3 Å². The number of benzene rings is 2. The summed E-state index contributed by atoms with van der Waals surface area (Å²) in [6, 6.07) is 17.3. The largest absolute Gasteiger partial charge is 0.489 e. The minimum absolute atomic E-state index is 0.0963. The number of hydrogen-bond donors (Lipinski definition) is 1. The lowest BCUT2D eigenvalue weighted by atomic mass is 10.2. The zero-order chi connectivity index (χ0) is 15.9. The maximum Gasteiger partial charge on any atom is 0.244 e. The molecule has 1 N–H and O–H groups in total. The normalized spacial score (nSPS) is 10.3. The van der Waals surface area contributed by atoms with Crippen LogP contribution in [0.2, 0.25) is 0 Å². The van der Waals surface area contributed by atoms with E-state index in [9.17, 15) is 4.79 Å². The first kappa shape index (κ1) is 14.8. The highest BCUT2D eigenvalue weighted by Gasteiger charge is 2.03. The number of carbonyl (C=O) groups excluding carboxylic acids is 1. The van der Waals surface area contributed by atoms with Crippen molar-refractivity contribution in [3.05, 3.63) is 78.9 Å². The molecule has 0 aliphatic heterocycles. The Morgan fingerprint density at radius 2 is 1.87 bits per heavy atom. The first-order valence-corrected chi connectivity index (χ1v) is 7.32. The van der Waals surface area contributed by atoms with Gasteiger partial charge in [0.25, 0.3) is 0 Å². The minimum Gasteiger partial charge on any atom is -0.489 e. The number of imidazole rings is 1.